The lowest BCUT2D eigenvalue weighted by Gasteiger charge is -2.17. The maximum absolute atomic E-state index is 12.9. The van der Waals surface area contributed by atoms with Crippen molar-refractivity contribution in [2.45, 2.75) is 24.2 Å². The fraction of sp³-hybridized carbons (Fsp3) is 0.188. The van der Waals surface area contributed by atoms with Crippen LogP contribution in [0.25, 0.3) is 0 Å². The van der Waals surface area contributed by atoms with Crippen molar-refractivity contribution in [1.29, 1.82) is 0 Å². The van der Waals surface area contributed by atoms with Crippen molar-refractivity contribution in [1.82, 2.24) is 0 Å². The number of carbonyl (C=O) groups excluding carboxylic acids is 1. The van der Waals surface area contributed by atoms with Gasteiger partial charge in [-0.25, -0.2) is 4.57 Å². The molecule has 0 fully saturated rings. The van der Waals surface area contributed by atoms with Crippen LogP contribution in [0.15, 0.2) is 47.4 Å². The van der Waals surface area contributed by atoms with Crippen LogP contribution < -0.4 is 0 Å². The van der Waals surface area contributed by atoms with Crippen LogP contribution in [0.5, 0.6) is 11.5 Å². The van der Waals surface area contributed by atoms with Crippen molar-refractivity contribution in [2.24, 2.45) is 0 Å². The molecule has 0 aliphatic heterocycles. The molecule has 1 atom stereocenters. The Morgan fingerprint density at radius 2 is 1.67 bits per heavy atom. The molecule has 128 valence electrons. The molecule has 0 heterocycles. The Morgan fingerprint density at radius 3 is 2.21 bits per heavy atom. The summed E-state index contributed by atoms with van der Waals surface area (Å²) in [4.78, 5) is 31.3. The summed E-state index contributed by atoms with van der Waals surface area (Å²) >= 11 is 0.285. The van der Waals surface area contributed by atoms with E-state index in [1.54, 1.807) is 12.1 Å². The summed E-state index contributed by atoms with van der Waals surface area (Å²) in [5, 5.41) is 19.0. The van der Waals surface area contributed by atoms with Crippen molar-refractivity contribution in [3.8, 4) is 11.5 Å². The molecular formula is C16H17O6PS. The van der Waals surface area contributed by atoms with Crippen LogP contribution in [0, 0.1) is 0 Å². The third-order valence-corrected chi connectivity index (χ3v) is 5.56. The van der Waals surface area contributed by atoms with E-state index >= 15 is 0 Å². The van der Waals surface area contributed by atoms with Crippen LogP contribution in [-0.4, -0.2) is 25.8 Å². The van der Waals surface area contributed by atoms with E-state index in [2.05, 4.69) is 0 Å². The van der Waals surface area contributed by atoms with E-state index in [9.17, 15) is 19.6 Å². The molecule has 0 saturated heterocycles. The summed E-state index contributed by atoms with van der Waals surface area (Å²) in [5.74, 6) is -0.983. The minimum Gasteiger partial charge on any atom is -0.508 e. The number of rotatable bonds is 6. The lowest BCUT2D eigenvalue weighted by Crippen LogP contribution is -2.13. The average molecular weight is 368 g/mol. The van der Waals surface area contributed by atoms with Gasteiger partial charge in [0.05, 0.1) is 0 Å². The lowest BCUT2D eigenvalue weighted by atomic mass is 9.88. The fourth-order valence-corrected chi connectivity index (χ4v) is 4.27. The number of benzene rings is 2. The molecule has 24 heavy (non-hydrogen) atoms. The Labute approximate surface area is 143 Å². The van der Waals surface area contributed by atoms with Gasteiger partial charge in [-0.1, -0.05) is 19.1 Å². The molecule has 0 aromatic heterocycles. The smallest absolute Gasteiger partial charge is 0.388 e. The Bertz CT molecular complexity index is 784. The van der Waals surface area contributed by atoms with E-state index in [4.69, 9.17) is 9.79 Å². The van der Waals surface area contributed by atoms with Crippen LogP contribution in [0.2, 0.25) is 0 Å². The lowest BCUT2D eigenvalue weighted by molar-refractivity contribution is 0.0954. The quantitative estimate of drug-likeness (QED) is 0.454. The number of Topliss-reactive ketones (excluding diaryl/α,β-unsaturated/α-hetero) is 1. The van der Waals surface area contributed by atoms with Gasteiger partial charge in [-0.05, 0) is 53.7 Å². The van der Waals surface area contributed by atoms with Gasteiger partial charge in [0.2, 0.25) is 0 Å². The minimum atomic E-state index is -4.44. The van der Waals surface area contributed by atoms with Gasteiger partial charge in [-0.2, -0.15) is 0 Å². The van der Waals surface area contributed by atoms with Gasteiger partial charge in [0.1, 0.15) is 11.5 Å². The molecule has 2 aromatic rings. The molecule has 6 nitrogen and oxygen atoms in total. The van der Waals surface area contributed by atoms with E-state index in [-0.39, 0.29) is 39.1 Å². The highest BCUT2D eigenvalue weighted by molar-refractivity contribution is 8.54. The summed E-state index contributed by atoms with van der Waals surface area (Å²) < 4.78 is 11.3. The Balaban J connectivity index is 2.44. The predicted octanol–water partition coefficient (Wildman–Crippen LogP) is 3.66. The molecule has 0 amide bonds. The second-order valence-electron chi connectivity index (χ2n) is 5.18. The minimum absolute atomic E-state index is 0.0586. The molecule has 2 aromatic carbocycles. The van der Waals surface area contributed by atoms with E-state index in [0.29, 0.717) is 12.0 Å². The molecule has 0 radical (unpaired) electrons. The van der Waals surface area contributed by atoms with Gasteiger partial charge in [-0.3, -0.25) is 4.79 Å². The highest BCUT2D eigenvalue weighted by atomic mass is 32.7. The normalized spacial score (nSPS) is 12.8. The number of phenolic OH excluding ortho intramolecular Hbond substituents is 2. The number of hydrogen-bond donors (Lipinski definition) is 4. The van der Waals surface area contributed by atoms with Gasteiger partial charge in [0, 0.05) is 16.4 Å². The largest absolute Gasteiger partial charge is 0.508 e. The standard InChI is InChI=1S/C16H17O6PS/c1-2-13(10-3-5-11(17)6-4-10)16(19)14-9-12(18)7-8-15(14)24-23(20,21)22/h3-9,13,17-18H,2H2,1H3,(H2,20,21,22). The van der Waals surface area contributed by atoms with Crippen LogP contribution in [0.4, 0.5) is 0 Å². The predicted molar refractivity (Wildman–Crippen MR) is 91.5 cm³/mol. The summed E-state index contributed by atoms with van der Waals surface area (Å²) in [6, 6.07) is 9.99. The van der Waals surface area contributed by atoms with Crippen molar-refractivity contribution in [2.75, 3.05) is 0 Å². The SMILES string of the molecule is CCC(C(=O)c1cc(O)ccc1SP(=O)(O)O)c1ccc(O)cc1. The topological polar surface area (TPSA) is 115 Å². The molecule has 0 aliphatic rings. The van der Waals surface area contributed by atoms with Crippen molar-refractivity contribution in [3.63, 3.8) is 0 Å². The monoisotopic (exact) mass is 368 g/mol. The Kier molecular flexibility index (Phi) is 5.72. The number of aromatic hydroxyl groups is 2. The Morgan fingerprint density at radius 1 is 1.08 bits per heavy atom. The van der Waals surface area contributed by atoms with Crippen molar-refractivity contribution < 1.29 is 29.4 Å². The number of hydrogen-bond acceptors (Lipinski definition) is 5. The molecule has 0 saturated carbocycles. The van der Waals surface area contributed by atoms with Gasteiger partial charge in [-0.15, -0.1) is 0 Å². The molecule has 0 spiro atoms. The first-order valence-electron chi connectivity index (χ1n) is 7.12. The van der Waals surface area contributed by atoms with Crippen LogP contribution in [0.3, 0.4) is 0 Å². The summed E-state index contributed by atoms with van der Waals surface area (Å²) in [6.45, 7) is -2.62. The molecule has 2 rings (SSSR count). The van der Waals surface area contributed by atoms with Crippen LogP contribution in [-0.2, 0) is 4.57 Å². The average Bonchev–Trinajstić information content (AvgIpc) is 2.50. The third-order valence-electron chi connectivity index (χ3n) is 3.47. The first kappa shape index (κ1) is 18.5. The molecule has 8 heteroatoms. The van der Waals surface area contributed by atoms with E-state index in [0.717, 1.165) is 0 Å². The van der Waals surface area contributed by atoms with Crippen LogP contribution in [0.1, 0.15) is 35.2 Å². The molecule has 4 N–H and O–H groups in total. The zero-order valence-corrected chi connectivity index (χ0v) is 14.5. The first-order valence-corrected chi connectivity index (χ1v) is 10.2. The zero-order chi connectivity index (χ0) is 17.9. The summed E-state index contributed by atoms with van der Waals surface area (Å²) in [5.41, 5.74) is 0.735. The highest BCUT2D eigenvalue weighted by Gasteiger charge is 2.26. The molecular weight excluding hydrogens is 351 g/mol. The highest BCUT2D eigenvalue weighted by Crippen LogP contribution is 2.55. The first-order chi connectivity index (χ1) is 11.2. The maximum atomic E-state index is 12.9. The number of phenols is 2. The second-order valence-corrected chi connectivity index (χ2v) is 8.76. The van der Waals surface area contributed by atoms with E-state index in [1.807, 2.05) is 6.92 Å². The Hall–Kier alpha value is -1.79. The third kappa shape index (κ3) is 4.61. The number of ketones is 1. The van der Waals surface area contributed by atoms with Gasteiger partial charge in [0.25, 0.3) is 0 Å². The molecule has 1 unspecified atom stereocenters. The summed E-state index contributed by atoms with van der Waals surface area (Å²) in [6.07, 6.45) is 0.458. The van der Waals surface area contributed by atoms with E-state index in [1.165, 1.54) is 30.3 Å². The van der Waals surface area contributed by atoms with Crippen molar-refractivity contribution in [3.05, 3.63) is 53.6 Å². The maximum Gasteiger partial charge on any atom is 0.388 e. The second kappa shape index (κ2) is 7.40. The fourth-order valence-electron chi connectivity index (χ4n) is 2.39. The summed E-state index contributed by atoms with van der Waals surface area (Å²) in [7, 11) is 0. The van der Waals surface area contributed by atoms with Crippen LogP contribution >= 0.6 is 18.2 Å². The van der Waals surface area contributed by atoms with Gasteiger partial charge >= 0.3 is 6.80 Å². The van der Waals surface area contributed by atoms with Gasteiger partial charge < -0.3 is 20.0 Å². The van der Waals surface area contributed by atoms with E-state index < -0.39 is 12.7 Å². The van der Waals surface area contributed by atoms with Crippen molar-refractivity contribution >= 4 is 24.0 Å². The molecule has 0 bridgehead atoms. The molecule has 0 aliphatic carbocycles. The zero-order valence-electron chi connectivity index (χ0n) is 12.8. The number of carbonyl (C=O) groups is 1. The van der Waals surface area contributed by atoms with Gasteiger partial charge in [0.15, 0.2) is 5.78 Å².